The van der Waals surface area contributed by atoms with Crippen molar-refractivity contribution in [1.82, 2.24) is 14.3 Å². The van der Waals surface area contributed by atoms with Gasteiger partial charge in [-0.05, 0) is 66.6 Å². The number of halogens is 2. The number of nitrogens with one attached hydrogen (secondary N) is 1. The Balaban J connectivity index is 1.36. The van der Waals surface area contributed by atoms with E-state index < -0.39 is 28.4 Å². The Hall–Kier alpha value is -3.89. The third kappa shape index (κ3) is 5.48. The normalized spacial score (nSPS) is 21.0. The van der Waals surface area contributed by atoms with Crippen LogP contribution in [0.3, 0.4) is 0 Å². The molecule has 3 unspecified atom stereocenters. The quantitative estimate of drug-likeness (QED) is 0.274. The van der Waals surface area contributed by atoms with E-state index in [4.69, 9.17) is 0 Å². The van der Waals surface area contributed by atoms with Gasteiger partial charge in [0.2, 0.25) is 15.9 Å². The molecule has 3 atom stereocenters. The lowest BCUT2D eigenvalue weighted by molar-refractivity contribution is -0.120. The molecule has 3 aromatic carbocycles. The molecule has 1 fully saturated rings. The second-order valence-electron chi connectivity index (χ2n) is 11.2. The largest absolute Gasteiger partial charge is 0.337 e. The highest BCUT2D eigenvalue weighted by Gasteiger charge is 2.47. The summed E-state index contributed by atoms with van der Waals surface area (Å²) in [6.45, 7) is 1.94. The Bertz CT molecular complexity index is 1740. The van der Waals surface area contributed by atoms with Gasteiger partial charge in [0.1, 0.15) is 5.82 Å². The summed E-state index contributed by atoms with van der Waals surface area (Å²) in [7, 11) is -2.16. The standard InChI is InChI=1S/C32H32F2N4O3S/c1-21-7-6-10-24(17-21)42(40,41)36-29-13-14-32(33,34)28-12-11-23(18-27(28)29)38(20-30-35-15-16-37(30)2)31(39)26-19-25(26)22-8-4-3-5-9-22/h3-12,15-18,25-26,29,36H,13-14,19-20H2,1-2H3. The molecule has 1 N–H and O–H groups in total. The SMILES string of the molecule is Cc1cccc(S(=O)(=O)NC2CCC(F)(F)c3ccc(N(Cc4nccn4C)C(=O)C4CC4c4ccccc4)cc32)c1. The highest BCUT2D eigenvalue weighted by Crippen LogP contribution is 2.50. The topological polar surface area (TPSA) is 84.3 Å². The molecule has 2 aliphatic rings. The van der Waals surface area contributed by atoms with Gasteiger partial charge >= 0.3 is 0 Å². The highest BCUT2D eigenvalue weighted by atomic mass is 32.2. The van der Waals surface area contributed by atoms with Crippen molar-refractivity contribution >= 4 is 21.6 Å². The number of hydrogen-bond donors (Lipinski definition) is 1. The Morgan fingerprint density at radius 1 is 1.10 bits per heavy atom. The summed E-state index contributed by atoms with van der Waals surface area (Å²) in [6.07, 6.45) is 3.55. The number of aryl methyl sites for hydroxylation is 2. The van der Waals surface area contributed by atoms with Crippen LogP contribution in [0, 0.1) is 12.8 Å². The number of fused-ring (bicyclic) bond motifs is 1. The number of alkyl halides is 2. The van der Waals surface area contributed by atoms with Crippen LogP contribution in [0.1, 0.15) is 59.3 Å². The molecule has 1 aromatic heterocycles. The lowest BCUT2D eigenvalue weighted by atomic mass is 9.85. The molecule has 0 aliphatic heterocycles. The fourth-order valence-corrected chi connectivity index (χ4v) is 7.19. The van der Waals surface area contributed by atoms with E-state index in [1.165, 1.54) is 18.2 Å². The minimum Gasteiger partial charge on any atom is -0.337 e. The van der Waals surface area contributed by atoms with Crippen molar-refractivity contribution in [1.29, 1.82) is 0 Å². The second kappa shape index (κ2) is 10.7. The summed E-state index contributed by atoms with van der Waals surface area (Å²) in [6, 6.07) is 19.8. The number of nitrogens with zero attached hydrogens (tertiary/aromatic N) is 3. The molecule has 1 heterocycles. The van der Waals surface area contributed by atoms with Crippen LogP contribution in [-0.4, -0.2) is 23.9 Å². The fraction of sp³-hybridized carbons (Fsp3) is 0.312. The molecule has 4 aromatic rings. The smallest absolute Gasteiger partial charge is 0.273 e. The second-order valence-corrected chi connectivity index (χ2v) is 13.0. The maximum atomic E-state index is 15.1. The zero-order chi connectivity index (χ0) is 29.6. The lowest BCUT2D eigenvalue weighted by Gasteiger charge is -2.33. The Kier molecular flexibility index (Phi) is 7.22. The van der Waals surface area contributed by atoms with Gasteiger partial charge in [-0.3, -0.25) is 4.79 Å². The van der Waals surface area contributed by atoms with Crippen molar-refractivity contribution in [3.05, 3.63) is 113 Å². The zero-order valence-electron chi connectivity index (χ0n) is 23.4. The fourth-order valence-electron chi connectivity index (χ4n) is 5.84. The average Bonchev–Trinajstić information content (AvgIpc) is 3.68. The van der Waals surface area contributed by atoms with Crippen molar-refractivity contribution in [2.45, 2.75) is 55.5 Å². The van der Waals surface area contributed by atoms with Gasteiger partial charge in [-0.1, -0.05) is 48.5 Å². The number of imidazole rings is 1. The van der Waals surface area contributed by atoms with Gasteiger partial charge in [0.25, 0.3) is 5.92 Å². The van der Waals surface area contributed by atoms with Gasteiger partial charge in [-0.15, -0.1) is 0 Å². The Morgan fingerprint density at radius 3 is 2.60 bits per heavy atom. The monoisotopic (exact) mass is 590 g/mol. The third-order valence-electron chi connectivity index (χ3n) is 8.28. The first-order chi connectivity index (χ1) is 20.0. The molecular formula is C32H32F2N4O3S. The van der Waals surface area contributed by atoms with E-state index in [1.54, 1.807) is 48.5 Å². The molecule has 7 nitrogen and oxygen atoms in total. The van der Waals surface area contributed by atoms with Crippen molar-refractivity contribution in [3.63, 3.8) is 0 Å². The van der Waals surface area contributed by atoms with Crippen LogP contribution in [-0.2, 0) is 34.3 Å². The van der Waals surface area contributed by atoms with Crippen LogP contribution < -0.4 is 9.62 Å². The van der Waals surface area contributed by atoms with E-state index in [9.17, 15) is 13.2 Å². The van der Waals surface area contributed by atoms with Gasteiger partial charge in [0.15, 0.2) is 0 Å². The Morgan fingerprint density at radius 2 is 1.88 bits per heavy atom. The van der Waals surface area contributed by atoms with Crippen LogP contribution >= 0.6 is 0 Å². The van der Waals surface area contributed by atoms with Crippen molar-refractivity contribution in [2.75, 3.05) is 4.90 Å². The summed E-state index contributed by atoms with van der Waals surface area (Å²) in [5.74, 6) is -2.77. The molecule has 0 radical (unpaired) electrons. The summed E-state index contributed by atoms with van der Waals surface area (Å²) in [5.41, 5.74) is 2.23. The van der Waals surface area contributed by atoms with E-state index in [1.807, 2.05) is 41.9 Å². The minimum atomic E-state index is -3.99. The van der Waals surface area contributed by atoms with Crippen LogP contribution in [0.25, 0.3) is 0 Å². The maximum Gasteiger partial charge on any atom is 0.273 e. The molecule has 2 aliphatic carbocycles. The summed E-state index contributed by atoms with van der Waals surface area (Å²) >= 11 is 0. The summed E-state index contributed by atoms with van der Waals surface area (Å²) in [4.78, 5) is 20.0. The zero-order valence-corrected chi connectivity index (χ0v) is 24.2. The molecule has 42 heavy (non-hydrogen) atoms. The third-order valence-corrected chi connectivity index (χ3v) is 9.75. The molecular weight excluding hydrogens is 558 g/mol. The number of rotatable bonds is 8. The molecule has 218 valence electrons. The van der Waals surface area contributed by atoms with Gasteiger partial charge in [-0.25, -0.2) is 26.9 Å². The van der Waals surface area contributed by atoms with E-state index in [0.717, 1.165) is 11.1 Å². The van der Waals surface area contributed by atoms with Crippen LogP contribution in [0.15, 0.2) is 90.1 Å². The van der Waals surface area contributed by atoms with Gasteiger partial charge in [0.05, 0.1) is 11.4 Å². The van der Waals surface area contributed by atoms with E-state index >= 15 is 8.78 Å². The first-order valence-electron chi connectivity index (χ1n) is 14.0. The van der Waals surface area contributed by atoms with Crippen LogP contribution in [0.2, 0.25) is 0 Å². The van der Waals surface area contributed by atoms with Crippen LogP contribution in [0.4, 0.5) is 14.5 Å². The van der Waals surface area contributed by atoms with Gasteiger partial charge in [0, 0.05) is 49.1 Å². The van der Waals surface area contributed by atoms with Crippen molar-refractivity contribution < 1.29 is 22.0 Å². The van der Waals surface area contributed by atoms with E-state index in [-0.39, 0.29) is 46.7 Å². The molecule has 10 heteroatoms. The first kappa shape index (κ1) is 28.2. The predicted molar refractivity (Wildman–Crippen MR) is 155 cm³/mol. The Labute approximate surface area is 244 Å². The molecule has 1 amide bonds. The van der Waals surface area contributed by atoms with Crippen molar-refractivity contribution in [2.24, 2.45) is 13.0 Å². The maximum absolute atomic E-state index is 15.1. The number of sulfonamides is 1. The number of aromatic nitrogens is 2. The molecule has 0 bridgehead atoms. The lowest BCUT2D eigenvalue weighted by Crippen LogP contribution is -2.36. The van der Waals surface area contributed by atoms with Crippen LogP contribution in [0.5, 0.6) is 0 Å². The first-order valence-corrected chi connectivity index (χ1v) is 15.5. The summed E-state index contributed by atoms with van der Waals surface area (Å²) < 4.78 is 61.3. The van der Waals surface area contributed by atoms with Crippen molar-refractivity contribution in [3.8, 4) is 0 Å². The highest BCUT2D eigenvalue weighted by molar-refractivity contribution is 7.89. The number of anilines is 1. The average molecular weight is 591 g/mol. The number of carbonyl (C=O) groups excluding carboxylic acids is 1. The number of benzene rings is 3. The predicted octanol–water partition coefficient (Wildman–Crippen LogP) is 5.97. The van der Waals surface area contributed by atoms with Gasteiger partial charge in [-0.2, -0.15) is 0 Å². The molecule has 6 rings (SSSR count). The number of amides is 1. The van der Waals surface area contributed by atoms with E-state index in [2.05, 4.69) is 9.71 Å². The molecule has 0 saturated heterocycles. The molecule has 0 spiro atoms. The number of hydrogen-bond acceptors (Lipinski definition) is 4. The summed E-state index contributed by atoms with van der Waals surface area (Å²) in [5, 5.41) is 0. The van der Waals surface area contributed by atoms with E-state index in [0.29, 0.717) is 17.9 Å². The van der Waals surface area contributed by atoms with Gasteiger partial charge < -0.3 is 9.47 Å². The molecule has 1 saturated carbocycles. The minimum absolute atomic E-state index is 0.0739. The number of carbonyl (C=O) groups is 1.